The molecule has 0 radical (unpaired) electrons. The molecule has 1 rings (SSSR count). The van der Waals surface area contributed by atoms with Crippen molar-refractivity contribution in [3.05, 3.63) is 23.8 Å². The quantitative estimate of drug-likeness (QED) is 0.723. The van der Waals surface area contributed by atoms with Crippen LogP contribution in [0.2, 0.25) is 0 Å². The fourth-order valence-corrected chi connectivity index (χ4v) is 2.20. The van der Waals surface area contributed by atoms with E-state index in [1.165, 1.54) is 0 Å². The van der Waals surface area contributed by atoms with Gasteiger partial charge in [0.1, 0.15) is 0 Å². The lowest BCUT2D eigenvalue weighted by molar-refractivity contribution is 0.322. The van der Waals surface area contributed by atoms with E-state index in [0.717, 1.165) is 11.3 Å². The number of aliphatic hydroxyl groups is 1. The van der Waals surface area contributed by atoms with Crippen LogP contribution < -0.4 is 15.2 Å². The zero-order valence-corrected chi connectivity index (χ0v) is 11.0. The van der Waals surface area contributed by atoms with E-state index in [1.54, 1.807) is 26.0 Å². The van der Waals surface area contributed by atoms with Crippen molar-refractivity contribution in [2.24, 2.45) is 5.73 Å². The summed E-state index contributed by atoms with van der Waals surface area (Å²) < 4.78 is 10.4. The lowest BCUT2D eigenvalue weighted by Gasteiger charge is -2.14. The number of rotatable bonds is 7. The molecule has 0 aliphatic carbocycles. The number of nitrogens with two attached hydrogens (primary N) is 1. The fraction of sp³-hybridized carbons (Fsp3) is 0.500. The van der Waals surface area contributed by atoms with Gasteiger partial charge in [-0.2, -0.15) is 11.8 Å². The van der Waals surface area contributed by atoms with Gasteiger partial charge in [0.25, 0.3) is 0 Å². The molecule has 3 N–H and O–H groups in total. The first-order valence-corrected chi connectivity index (χ1v) is 6.54. The first kappa shape index (κ1) is 14.2. The van der Waals surface area contributed by atoms with Crippen LogP contribution in [-0.2, 0) is 0 Å². The van der Waals surface area contributed by atoms with Crippen molar-refractivity contribution in [2.45, 2.75) is 6.04 Å². The van der Waals surface area contributed by atoms with E-state index in [-0.39, 0.29) is 12.6 Å². The van der Waals surface area contributed by atoms with Crippen LogP contribution in [0, 0.1) is 0 Å². The third-order valence-corrected chi connectivity index (χ3v) is 3.43. The van der Waals surface area contributed by atoms with Crippen LogP contribution in [0.25, 0.3) is 0 Å². The van der Waals surface area contributed by atoms with Gasteiger partial charge < -0.3 is 20.3 Å². The minimum Gasteiger partial charge on any atom is -0.493 e. The zero-order valence-electron chi connectivity index (χ0n) is 10.2. The number of benzene rings is 1. The van der Waals surface area contributed by atoms with Crippen LogP contribution in [0.1, 0.15) is 11.6 Å². The SMILES string of the molecule is COc1ccc(C(N)CSCCO)cc1OC. The number of methoxy groups -OCH3 is 2. The summed E-state index contributed by atoms with van der Waals surface area (Å²) in [5.41, 5.74) is 7.06. The molecule has 0 aliphatic heterocycles. The standard InChI is InChI=1S/C12H19NO3S/c1-15-11-4-3-9(7-12(11)16-2)10(13)8-17-6-5-14/h3-4,7,10,14H,5-6,8,13H2,1-2H3. The maximum absolute atomic E-state index is 8.70. The predicted molar refractivity (Wildman–Crippen MR) is 70.9 cm³/mol. The highest BCUT2D eigenvalue weighted by molar-refractivity contribution is 7.99. The van der Waals surface area contributed by atoms with Gasteiger partial charge in [0.05, 0.1) is 20.8 Å². The van der Waals surface area contributed by atoms with Crippen LogP contribution in [0.4, 0.5) is 0 Å². The lowest BCUT2D eigenvalue weighted by atomic mass is 10.1. The molecule has 96 valence electrons. The molecule has 4 nitrogen and oxygen atoms in total. The smallest absolute Gasteiger partial charge is 0.161 e. The molecule has 1 unspecified atom stereocenters. The predicted octanol–water partition coefficient (Wildman–Crippen LogP) is 1.43. The van der Waals surface area contributed by atoms with Crippen molar-refractivity contribution in [1.82, 2.24) is 0 Å². The second kappa shape index (κ2) is 7.42. The number of hydrogen-bond acceptors (Lipinski definition) is 5. The van der Waals surface area contributed by atoms with Gasteiger partial charge in [0.2, 0.25) is 0 Å². The average molecular weight is 257 g/mol. The van der Waals surface area contributed by atoms with E-state index in [4.69, 9.17) is 20.3 Å². The highest BCUT2D eigenvalue weighted by Gasteiger charge is 2.10. The molecule has 0 spiro atoms. The second-order valence-electron chi connectivity index (χ2n) is 3.52. The molecule has 1 atom stereocenters. The van der Waals surface area contributed by atoms with Crippen LogP contribution in [0.15, 0.2) is 18.2 Å². The summed E-state index contributed by atoms with van der Waals surface area (Å²) in [6.45, 7) is 0.184. The normalized spacial score (nSPS) is 12.2. The summed E-state index contributed by atoms with van der Waals surface area (Å²) in [6.07, 6.45) is 0. The Kier molecular flexibility index (Phi) is 6.18. The molecule has 0 fully saturated rings. The molecule has 0 aliphatic rings. The van der Waals surface area contributed by atoms with Crippen molar-refractivity contribution >= 4 is 11.8 Å². The molecule has 1 aromatic rings. The first-order chi connectivity index (χ1) is 8.22. The molecule has 0 aromatic heterocycles. The number of thioether (sulfide) groups is 1. The van der Waals surface area contributed by atoms with E-state index in [0.29, 0.717) is 17.3 Å². The summed E-state index contributed by atoms with van der Waals surface area (Å²) in [6, 6.07) is 5.62. The molecular formula is C12H19NO3S. The van der Waals surface area contributed by atoms with Crippen LogP contribution in [0.3, 0.4) is 0 Å². The van der Waals surface area contributed by atoms with E-state index >= 15 is 0 Å². The van der Waals surface area contributed by atoms with Crippen molar-refractivity contribution in [1.29, 1.82) is 0 Å². The molecule has 0 bridgehead atoms. The first-order valence-electron chi connectivity index (χ1n) is 5.39. The Bertz CT molecular complexity index is 347. The Labute approximate surface area is 106 Å². The van der Waals surface area contributed by atoms with E-state index in [2.05, 4.69) is 0 Å². The van der Waals surface area contributed by atoms with Gasteiger partial charge in [-0.05, 0) is 17.7 Å². The Morgan fingerprint density at radius 1 is 1.29 bits per heavy atom. The highest BCUT2D eigenvalue weighted by atomic mass is 32.2. The van der Waals surface area contributed by atoms with E-state index < -0.39 is 0 Å². The van der Waals surface area contributed by atoms with Gasteiger partial charge in [-0.25, -0.2) is 0 Å². The summed E-state index contributed by atoms with van der Waals surface area (Å²) in [5.74, 6) is 2.87. The van der Waals surface area contributed by atoms with Gasteiger partial charge in [-0.15, -0.1) is 0 Å². The van der Waals surface area contributed by atoms with Gasteiger partial charge in [0, 0.05) is 17.5 Å². The maximum atomic E-state index is 8.70. The van der Waals surface area contributed by atoms with Gasteiger partial charge in [0.15, 0.2) is 11.5 Å². The van der Waals surface area contributed by atoms with Crippen molar-refractivity contribution in [3.8, 4) is 11.5 Å². The largest absolute Gasteiger partial charge is 0.493 e. The topological polar surface area (TPSA) is 64.7 Å². The fourth-order valence-electron chi connectivity index (χ4n) is 1.45. The summed E-state index contributed by atoms with van der Waals surface area (Å²) in [5, 5.41) is 8.70. The van der Waals surface area contributed by atoms with Crippen molar-refractivity contribution in [3.63, 3.8) is 0 Å². The summed E-state index contributed by atoms with van der Waals surface area (Å²) in [4.78, 5) is 0. The van der Waals surface area contributed by atoms with Crippen molar-refractivity contribution in [2.75, 3.05) is 32.3 Å². The van der Waals surface area contributed by atoms with Crippen LogP contribution in [0.5, 0.6) is 11.5 Å². The molecule has 17 heavy (non-hydrogen) atoms. The highest BCUT2D eigenvalue weighted by Crippen LogP contribution is 2.30. The molecule has 0 heterocycles. The van der Waals surface area contributed by atoms with Gasteiger partial charge >= 0.3 is 0 Å². The maximum Gasteiger partial charge on any atom is 0.161 e. The molecule has 1 aromatic carbocycles. The summed E-state index contributed by atoms with van der Waals surface area (Å²) in [7, 11) is 3.21. The van der Waals surface area contributed by atoms with Crippen LogP contribution >= 0.6 is 11.8 Å². The van der Waals surface area contributed by atoms with Crippen LogP contribution in [-0.4, -0.2) is 37.4 Å². The molecule has 0 amide bonds. The van der Waals surface area contributed by atoms with Gasteiger partial charge in [-0.1, -0.05) is 6.07 Å². The molecule has 5 heteroatoms. The minimum absolute atomic E-state index is 0.0636. The van der Waals surface area contributed by atoms with Gasteiger partial charge in [-0.3, -0.25) is 0 Å². The summed E-state index contributed by atoms with van der Waals surface area (Å²) >= 11 is 1.63. The number of aliphatic hydroxyl groups excluding tert-OH is 1. The van der Waals surface area contributed by atoms with Crippen molar-refractivity contribution < 1.29 is 14.6 Å². The molecule has 0 saturated heterocycles. The molecule has 0 saturated carbocycles. The Morgan fingerprint density at radius 2 is 2.00 bits per heavy atom. The molecular weight excluding hydrogens is 238 g/mol. The monoisotopic (exact) mass is 257 g/mol. The number of hydrogen-bond donors (Lipinski definition) is 2. The minimum atomic E-state index is -0.0636. The third kappa shape index (κ3) is 4.11. The Morgan fingerprint density at radius 3 is 2.59 bits per heavy atom. The lowest BCUT2D eigenvalue weighted by Crippen LogP contribution is -2.13. The Hall–Kier alpha value is -0.910. The average Bonchev–Trinajstić information content (AvgIpc) is 2.38. The van der Waals surface area contributed by atoms with E-state index in [9.17, 15) is 0 Å². The number of ether oxygens (including phenoxy) is 2. The Balaban J connectivity index is 2.70. The third-order valence-electron chi connectivity index (χ3n) is 2.37. The zero-order chi connectivity index (χ0) is 12.7. The van der Waals surface area contributed by atoms with E-state index in [1.807, 2.05) is 18.2 Å². The second-order valence-corrected chi connectivity index (χ2v) is 4.67.